The molecule has 1 fully saturated rings. The quantitative estimate of drug-likeness (QED) is 0.610. The van der Waals surface area contributed by atoms with Crippen LogP contribution in [0.1, 0.15) is 35.2 Å². The number of esters is 1. The standard InChI is InChI=1S/C19H18N2O4S/c20-14-16-7-2-3-10-18(16)25-19(22)15-8-6-9-17(13-15)26(23,24)21-11-4-1-5-12-21/h2-3,6-10,13H,1,4-5,11-12H2. The van der Waals surface area contributed by atoms with Crippen LogP contribution in [0.15, 0.2) is 53.4 Å². The monoisotopic (exact) mass is 370 g/mol. The molecular weight excluding hydrogens is 352 g/mol. The Kier molecular flexibility index (Phi) is 5.35. The predicted molar refractivity (Wildman–Crippen MR) is 95.2 cm³/mol. The molecule has 0 bridgehead atoms. The molecule has 0 radical (unpaired) electrons. The summed E-state index contributed by atoms with van der Waals surface area (Å²) in [7, 11) is -3.63. The first-order chi connectivity index (χ1) is 12.5. The highest BCUT2D eigenvalue weighted by molar-refractivity contribution is 7.89. The van der Waals surface area contributed by atoms with E-state index in [0.29, 0.717) is 13.1 Å². The van der Waals surface area contributed by atoms with Gasteiger partial charge >= 0.3 is 5.97 Å². The molecule has 0 unspecified atom stereocenters. The zero-order chi connectivity index (χ0) is 18.6. The minimum Gasteiger partial charge on any atom is -0.422 e. The summed E-state index contributed by atoms with van der Waals surface area (Å²) in [6, 6.07) is 14.1. The Bertz CT molecular complexity index is 957. The number of carbonyl (C=O) groups is 1. The first kappa shape index (κ1) is 18.1. The second-order valence-corrected chi connectivity index (χ2v) is 7.93. The molecule has 0 aromatic heterocycles. The van der Waals surface area contributed by atoms with Gasteiger partial charge in [0.1, 0.15) is 11.8 Å². The second-order valence-electron chi connectivity index (χ2n) is 5.99. The lowest BCUT2D eigenvalue weighted by Gasteiger charge is -2.25. The average Bonchev–Trinajstić information content (AvgIpc) is 2.69. The molecule has 1 aliphatic heterocycles. The summed E-state index contributed by atoms with van der Waals surface area (Å²) < 4.78 is 32.2. The zero-order valence-corrected chi connectivity index (χ0v) is 14.9. The van der Waals surface area contributed by atoms with Crippen molar-refractivity contribution in [2.24, 2.45) is 0 Å². The molecule has 134 valence electrons. The number of benzene rings is 2. The molecule has 0 amide bonds. The van der Waals surface area contributed by atoms with Gasteiger partial charge in [0.05, 0.1) is 16.0 Å². The molecule has 1 heterocycles. The summed E-state index contributed by atoms with van der Waals surface area (Å²) in [6.07, 6.45) is 2.70. The van der Waals surface area contributed by atoms with E-state index in [1.807, 2.05) is 6.07 Å². The third kappa shape index (κ3) is 3.77. The third-order valence-electron chi connectivity index (χ3n) is 4.23. The number of nitrogens with zero attached hydrogens (tertiary/aromatic N) is 2. The Morgan fingerprint density at radius 1 is 1.04 bits per heavy atom. The molecule has 1 saturated heterocycles. The fourth-order valence-corrected chi connectivity index (χ4v) is 4.41. The van der Waals surface area contributed by atoms with Crippen molar-refractivity contribution in [2.45, 2.75) is 24.2 Å². The van der Waals surface area contributed by atoms with E-state index < -0.39 is 16.0 Å². The van der Waals surface area contributed by atoms with E-state index in [1.165, 1.54) is 34.6 Å². The van der Waals surface area contributed by atoms with Crippen LogP contribution >= 0.6 is 0 Å². The van der Waals surface area contributed by atoms with Crippen LogP contribution in [0.25, 0.3) is 0 Å². The highest BCUT2D eigenvalue weighted by atomic mass is 32.2. The minimum absolute atomic E-state index is 0.0717. The molecule has 6 nitrogen and oxygen atoms in total. The van der Waals surface area contributed by atoms with E-state index >= 15 is 0 Å². The summed E-state index contributed by atoms with van der Waals surface area (Å²) in [5, 5.41) is 9.07. The Morgan fingerprint density at radius 3 is 2.50 bits per heavy atom. The number of sulfonamides is 1. The highest BCUT2D eigenvalue weighted by Crippen LogP contribution is 2.23. The van der Waals surface area contributed by atoms with Crippen LogP contribution < -0.4 is 4.74 Å². The number of carbonyl (C=O) groups excluding carboxylic acids is 1. The summed E-state index contributed by atoms with van der Waals surface area (Å²) in [5.41, 5.74) is 0.355. The molecule has 0 atom stereocenters. The summed E-state index contributed by atoms with van der Waals surface area (Å²) in [4.78, 5) is 12.5. The molecule has 1 aliphatic rings. The Labute approximate surface area is 152 Å². The number of hydrogen-bond donors (Lipinski definition) is 0. The van der Waals surface area contributed by atoms with Crippen molar-refractivity contribution >= 4 is 16.0 Å². The van der Waals surface area contributed by atoms with Crippen molar-refractivity contribution in [3.63, 3.8) is 0 Å². The fraction of sp³-hybridized carbons (Fsp3) is 0.263. The van der Waals surface area contributed by atoms with Gasteiger partial charge in [0.15, 0.2) is 0 Å². The number of rotatable bonds is 4. The van der Waals surface area contributed by atoms with Crippen LogP contribution in [-0.2, 0) is 10.0 Å². The van der Waals surface area contributed by atoms with Gasteiger partial charge in [0.25, 0.3) is 0 Å². The number of para-hydroxylation sites is 1. The topological polar surface area (TPSA) is 87.5 Å². The SMILES string of the molecule is N#Cc1ccccc1OC(=O)c1cccc(S(=O)(=O)N2CCCCC2)c1. The average molecular weight is 370 g/mol. The van der Waals surface area contributed by atoms with Crippen LogP contribution in [0, 0.1) is 11.3 Å². The second kappa shape index (κ2) is 7.68. The molecule has 3 rings (SSSR count). The van der Waals surface area contributed by atoms with Crippen LogP contribution in [0.4, 0.5) is 0 Å². The zero-order valence-electron chi connectivity index (χ0n) is 14.1. The van der Waals surface area contributed by atoms with Gasteiger partial charge in [-0.2, -0.15) is 9.57 Å². The normalized spacial score (nSPS) is 15.2. The minimum atomic E-state index is -3.63. The van der Waals surface area contributed by atoms with Crippen molar-refractivity contribution in [1.29, 1.82) is 5.26 Å². The van der Waals surface area contributed by atoms with Crippen molar-refractivity contribution in [3.8, 4) is 11.8 Å². The van der Waals surface area contributed by atoms with Gasteiger partial charge < -0.3 is 4.74 Å². The maximum Gasteiger partial charge on any atom is 0.343 e. The molecule has 0 spiro atoms. The van der Waals surface area contributed by atoms with Gasteiger partial charge in [0.2, 0.25) is 10.0 Å². The first-order valence-electron chi connectivity index (χ1n) is 8.34. The van der Waals surface area contributed by atoms with Gasteiger partial charge in [-0.25, -0.2) is 13.2 Å². The maximum atomic E-state index is 12.8. The van der Waals surface area contributed by atoms with Crippen LogP contribution in [0.5, 0.6) is 5.75 Å². The summed E-state index contributed by atoms with van der Waals surface area (Å²) >= 11 is 0. The van der Waals surface area contributed by atoms with E-state index in [-0.39, 0.29) is 21.8 Å². The molecule has 2 aromatic carbocycles. The van der Waals surface area contributed by atoms with Gasteiger partial charge in [-0.05, 0) is 43.2 Å². The van der Waals surface area contributed by atoms with Crippen molar-refractivity contribution < 1.29 is 17.9 Å². The van der Waals surface area contributed by atoms with Crippen molar-refractivity contribution in [2.75, 3.05) is 13.1 Å². The molecule has 0 aliphatic carbocycles. The van der Waals surface area contributed by atoms with E-state index in [9.17, 15) is 13.2 Å². The van der Waals surface area contributed by atoms with Gasteiger partial charge in [-0.3, -0.25) is 0 Å². The maximum absolute atomic E-state index is 12.8. The van der Waals surface area contributed by atoms with E-state index in [1.54, 1.807) is 18.2 Å². The lowest BCUT2D eigenvalue weighted by molar-refractivity contribution is 0.0734. The number of nitriles is 1. The smallest absolute Gasteiger partial charge is 0.343 e. The fourth-order valence-electron chi connectivity index (χ4n) is 2.84. The highest BCUT2D eigenvalue weighted by Gasteiger charge is 2.26. The first-order valence-corrected chi connectivity index (χ1v) is 9.78. The van der Waals surface area contributed by atoms with E-state index in [2.05, 4.69) is 0 Å². The molecular formula is C19H18N2O4S. The summed E-state index contributed by atoms with van der Waals surface area (Å²) in [5.74, 6) is -0.562. The molecule has 0 saturated carbocycles. The Morgan fingerprint density at radius 2 is 1.77 bits per heavy atom. The number of piperidine rings is 1. The van der Waals surface area contributed by atoms with E-state index in [0.717, 1.165) is 19.3 Å². The predicted octanol–water partition coefficient (Wildman–Crippen LogP) is 2.95. The lowest BCUT2D eigenvalue weighted by Crippen LogP contribution is -2.35. The van der Waals surface area contributed by atoms with Crippen molar-refractivity contribution in [1.82, 2.24) is 4.31 Å². The molecule has 26 heavy (non-hydrogen) atoms. The number of ether oxygens (including phenoxy) is 1. The van der Waals surface area contributed by atoms with Crippen LogP contribution in [-0.4, -0.2) is 31.8 Å². The van der Waals surface area contributed by atoms with Crippen LogP contribution in [0.3, 0.4) is 0 Å². The van der Waals surface area contributed by atoms with Gasteiger partial charge in [-0.15, -0.1) is 0 Å². The van der Waals surface area contributed by atoms with Crippen molar-refractivity contribution in [3.05, 3.63) is 59.7 Å². The summed E-state index contributed by atoms with van der Waals surface area (Å²) in [6.45, 7) is 0.985. The largest absolute Gasteiger partial charge is 0.422 e. The molecule has 2 aromatic rings. The molecule has 7 heteroatoms. The third-order valence-corrected chi connectivity index (χ3v) is 6.13. The molecule has 0 N–H and O–H groups in total. The lowest BCUT2D eigenvalue weighted by atomic mass is 10.2. The number of hydrogen-bond acceptors (Lipinski definition) is 5. The van der Waals surface area contributed by atoms with E-state index in [4.69, 9.17) is 10.00 Å². The van der Waals surface area contributed by atoms with Crippen LogP contribution in [0.2, 0.25) is 0 Å². The van der Waals surface area contributed by atoms with Gasteiger partial charge in [0, 0.05) is 13.1 Å². The Balaban J connectivity index is 1.85. The Hall–Kier alpha value is -2.69. The van der Waals surface area contributed by atoms with Gasteiger partial charge in [-0.1, -0.05) is 24.6 Å².